The van der Waals surface area contributed by atoms with Crippen molar-refractivity contribution in [2.75, 3.05) is 31.6 Å². The second kappa shape index (κ2) is 9.22. The van der Waals surface area contributed by atoms with Gasteiger partial charge in [0.15, 0.2) is 0 Å². The first-order valence-corrected chi connectivity index (χ1v) is 8.25. The predicted molar refractivity (Wildman–Crippen MR) is 89.2 cm³/mol. The van der Waals surface area contributed by atoms with Crippen LogP contribution in [0.25, 0.3) is 5.69 Å². The van der Waals surface area contributed by atoms with E-state index in [2.05, 4.69) is 15.4 Å². The minimum absolute atomic E-state index is 0.00285. The molecule has 1 amide bonds. The van der Waals surface area contributed by atoms with E-state index in [4.69, 9.17) is 5.11 Å². The van der Waals surface area contributed by atoms with Gasteiger partial charge in [0.1, 0.15) is 12.7 Å². The molecule has 0 unspecified atom stereocenters. The van der Waals surface area contributed by atoms with Gasteiger partial charge in [-0.3, -0.25) is 9.69 Å². The number of aromatic nitrogens is 3. The van der Waals surface area contributed by atoms with Crippen LogP contribution < -0.4 is 5.32 Å². The number of aliphatic hydroxyl groups is 1. The number of hydrogen-bond acceptors (Lipinski definition) is 5. The van der Waals surface area contributed by atoms with E-state index in [0.29, 0.717) is 6.07 Å². The first-order valence-electron chi connectivity index (χ1n) is 8.25. The lowest BCUT2D eigenvalue weighted by atomic mass is 10.1. The second-order valence-electron chi connectivity index (χ2n) is 6.02. The number of alkyl halides is 6. The van der Waals surface area contributed by atoms with Crippen LogP contribution in [0.4, 0.5) is 32.0 Å². The summed E-state index contributed by atoms with van der Waals surface area (Å²) in [4.78, 5) is 16.7. The average molecular weight is 425 g/mol. The minimum atomic E-state index is -4.69. The third-order valence-corrected chi connectivity index (χ3v) is 3.67. The quantitative estimate of drug-likeness (QED) is 0.635. The molecule has 0 bridgehead atoms. The van der Waals surface area contributed by atoms with Crippen LogP contribution in [0.15, 0.2) is 30.9 Å². The fraction of sp³-hybridized carbons (Fsp3) is 0.438. The van der Waals surface area contributed by atoms with Gasteiger partial charge < -0.3 is 10.4 Å². The Balaban J connectivity index is 2.24. The van der Waals surface area contributed by atoms with Crippen LogP contribution in [0.1, 0.15) is 12.0 Å². The van der Waals surface area contributed by atoms with E-state index in [1.165, 1.54) is 6.33 Å². The summed E-state index contributed by atoms with van der Waals surface area (Å²) in [5, 5.41) is 14.8. The summed E-state index contributed by atoms with van der Waals surface area (Å²) in [5.74, 6) is -0.951. The third-order valence-electron chi connectivity index (χ3n) is 3.67. The molecule has 0 aliphatic heterocycles. The van der Waals surface area contributed by atoms with Gasteiger partial charge in [0.2, 0.25) is 5.91 Å². The van der Waals surface area contributed by atoms with Crippen LogP contribution in [-0.2, 0) is 11.0 Å². The predicted octanol–water partition coefficient (Wildman–Crippen LogP) is 2.47. The van der Waals surface area contributed by atoms with Gasteiger partial charge in [-0.25, -0.2) is 9.67 Å². The SMILES string of the molecule is O=C(CN(CCCO)CC(F)(F)F)Nc1cc(C(F)(F)F)ccc1-n1cncn1. The fourth-order valence-electron chi connectivity index (χ4n) is 2.50. The van der Waals surface area contributed by atoms with Gasteiger partial charge in [0, 0.05) is 13.2 Å². The first kappa shape index (κ1) is 22.6. The number of rotatable bonds is 8. The van der Waals surface area contributed by atoms with Crippen LogP contribution in [0, 0.1) is 0 Å². The zero-order valence-electron chi connectivity index (χ0n) is 14.8. The molecule has 0 spiro atoms. The highest BCUT2D eigenvalue weighted by atomic mass is 19.4. The molecule has 0 fully saturated rings. The standard InChI is InChI=1S/C16H17F6N5O2/c17-15(18,19)8-26(4-1-5-28)7-14(29)25-12-6-11(16(20,21)22)2-3-13(12)27-10-23-9-24-27/h2-3,6,9-10,28H,1,4-5,7-8H2,(H,25,29). The van der Waals surface area contributed by atoms with E-state index in [0.717, 1.165) is 28.0 Å². The molecule has 1 aromatic heterocycles. The summed E-state index contributed by atoms with van der Waals surface area (Å²) >= 11 is 0. The molecule has 2 rings (SSSR count). The Morgan fingerprint density at radius 3 is 2.48 bits per heavy atom. The highest BCUT2D eigenvalue weighted by Crippen LogP contribution is 2.33. The molecule has 29 heavy (non-hydrogen) atoms. The number of aliphatic hydroxyl groups excluding tert-OH is 1. The number of nitrogens with one attached hydrogen (secondary N) is 1. The Bertz CT molecular complexity index is 807. The van der Waals surface area contributed by atoms with Crippen LogP contribution in [-0.4, -0.2) is 63.1 Å². The molecule has 13 heteroatoms. The Hall–Kier alpha value is -2.67. The molecule has 2 aromatic rings. The number of halogens is 6. The Morgan fingerprint density at radius 2 is 1.93 bits per heavy atom. The van der Waals surface area contributed by atoms with Crippen LogP contribution in [0.5, 0.6) is 0 Å². The lowest BCUT2D eigenvalue weighted by Gasteiger charge is -2.23. The summed E-state index contributed by atoms with van der Waals surface area (Å²) in [6.07, 6.45) is -6.96. The monoisotopic (exact) mass is 425 g/mol. The highest BCUT2D eigenvalue weighted by molar-refractivity contribution is 5.94. The van der Waals surface area contributed by atoms with Crippen molar-refractivity contribution in [1.82, 2.24) is 19.7 Å². The molecule has 0 aliphatic rings. The van der Waals surface area contributed by atoms with E-state index in [1.807, 2.05) is 0 Å². The van der Waals surface area contributed by atoms with Gasteiger partial charge >= 0.3 is 12.4 Å². The highest BCUT2D eigenvalue weighted by Gasteiger charge is 2.33. The summed E-state index contributed by atoms with van der Waals surface area (Å²) in [7, 11) is 0. The minimum Gasteiger partial charge on any atom is -0.396 e. The number of anilines is 1. The van der Waals surface area contributed by atoms with Crippen molar-refractivity contribution in [2.24, 2.45) is 0 Å². The van der Waals surface area contributed by atoms with Gasteiger partial charge in [-0.1, -0.05) is 0 Å². The van der Waals surface area contributed by atoms with Crippen molar-refractivity contribution in [1.29, 1.82) is 0 Å². The van der Waals surface area contributed by atoms with E-state index >= 15 is 0 Å². The smallest absolute Gasteiger partial charge is 0.396 e. The first-order chi connectivity index (χ1) is 13.5. The van der Waals surface area contributed by atoms with Gasteiger partial charge in [-0.15, -0.1) is 0 Å². The van der Waals surface area contributed by atoms with Crippen molar-refractivity contribution in [3.05, 3.63) is 36.4 Å². The zero-order chi connectivity index (χ0) is 21.7. The number of carbonyl (C=O) groups is 1. The van der Waals surface area contributed by atoms with Crippen LogP contribution in [0.2, 0.25) is 0 Å². The molecule has 1 aromatic carbocycles. The molecular weight excluding hydrogens is 408 g/mol. The number of benzene rings is 1. The average Bonchev–Trinajstić information content (AvgIpc) is 3.11. The third kappa shape index (κ3) is 7.02. The van der Waals surface area contributed by atoms with E-state index < -0.39 is 36.9 Å². The maximum atomic E-state index is 13.0. The largest absolute Gasteiger partial charge is 0.416 e. The van der Waals surface area contributed by atoms with E-state index in [1.54, 1.807) is 0 Å². The summed E-state index contributed by atoms with van der Waals surface area (Å²) in [6, 6.07) is 2.51. The van der Waals surface area contributed by atoms with Crippen LogP contribution in [0.3, 0.4) is 0 Å². The molecular formula is C16H17F6N5O2. The summed E-state index contributed by atoms with van der Waals surface area (Å²) in [6.45, 7) is -2.73. The molecule has 1 heterocycles. The molecule has 0 radical (unpaired) electrons. The fourth-order valence-corrected chi connectivity index (χ4v) is 2.50. The zero-order valence-corrected chi connectivity index (χ0v) is 14.8. The molecule has 0 saturated heterocycles. The second-order valence-corrected chi connectivity index (χ2v) is 6.02. The number of hydrogen-bond donors (Lipinski definition) is 2. The van der Waals surface area contributed by atoms with Crippen molar-refractivity contribution >= 4 is 11.6 Å². The lowest BCUT2D eigenvalue weighted by molar-refractivity contribution is -0.148. The topological polar surface area (TPSA) is 83.3 Å². The van der Waals surface area contributed by atoms with Gasteiger partial charge in [0.25, 0.3) is 0 Å². The molecule has 7 nitrogen and oxygen atoms in total. The van der Waals surface area contributed by atoms with Crippen molar-refractivity contribution in [3.8, 4) is 5.69 Å². The van der Waals surface area contributed by atoms with Gasteiger partial charge in [-0.2, -0.15) is 31.4 Å². The maximum Gasteiger partial charge on any atom is 0.416 e. The number of amides is 1. The normalized spacial score (nSPS) is 12.4. The Morgan fingerprint density at radius 1 is 1.21 bits per heavy atom. The van der Waals surface area contributed by atoms with Crippen molar-refractivity contribution in [2.45, 2.75) is 18.8 Å². The van der Waals surface area contributed by atoms with Crippen molar-refractivity contribution in [3.63, 3.8) is 0 Å². The number of nitrogens with zero attached hydrogens (tertiary/aromatic N) is 4. The summed E-state index contributed by atoms with van der Waals surface area (Å²) < 4.78 is 78.1. The summed E-state index contributed by atoms with van der Waals surface area (Å²) in [5.41, 5.74) is -1.28. The van der Waals surface area contributed by atoms with Gasteiger partial charge in [0.05, 0.1) is 30.0 Å². The molecule has 160 valence electrons. The van der Waals surface area contributed by atoms with E-state index in [9.17, 15) is 31.1 Å². The van der Waals surface area contributed by atoms with E-state index in [-0.39, 0.29) is 30.9 Å². The Kier molecular flexibility index (Phi) is 7.19. The molecule has 0 aliphatic carbocycles. The molecule has 2 N–H and O–H groups in total. The molecule has 0 saturated carbocycles. The van der Waals surface area contributed by atoms with Crippen LogP contribution >= 0.6 is 0 Å². The maximum absolute atomic E-state index is 13.0. The molecule has 0 atom stereocenters. The lowest BCUT2D eigenvalue weighted by Crippen LogP contribution is -2.40. The van der Waals surface area contributed by atoms with Crippen molar-refractivity contribution < 1.29 is 36.2 Å². The number of carbonyl (C=O) groups excluding carboxylic acids is 1. The Labute approximate surface area is 160 Å². The van der Waals surface area contributed by atoms with Gasteiger partial charge in [-0.05, 0) is 24.6 Å².